The number of rotatable bonds is 3. The van der Waals surface area contributed by atoms with Crippen molar-refractivity contribution in [1.29, 1.82) is 0 Å². The number of ether oxygens (including phenoxy) is 1. The highest BCUT2D eigenvalue weighted by Gasteiger charge is 2.63. The Hall–Kier alpha value is -3.58. The van der Waals surface area contributed by atoms with Crippen LogP contribution in [-0.4, -0.2) is 24.3 Å². The number of ketones is 1. The number of nitrogens with one attached hydrogen (secondary N) is 1. The van der Waals surface area contributed by atoms with Gasteiger partial charge in [0.25, 0.3) is 0 Å². The van der Waals surface area contributed by atoms with Crippen LogP contribution in [0.2, 0.25) is 5.02 Å². The highest BCUT2D eigenvalue weighted by atomic mass is 35.5. The van der Waals surface area contributed by atoms with Crippen LogP contribution in [0.25, 0.3) is 0 Å². The van der Waals surface area contributed by atoms with Gasteiger partial charge in [0.15, 0.2) is 5.78 Å². The quantitative estimate of drug-likeness (QED) is 0.551. The largest absolute Gasteiger partial charge is 0.462 e. The van der Waals surface area contributed by atoms with Crippen molar-refractivity contribution in [2.24, 2.45) is 11.1 Å². The van der Waals surface area contributed by atoms with Crippen molar-refractivity contribution in [2.45, 2.75) is 52.9 Å². The van der Waals surface area contributed by atoms with E-state index in [1.807, 2.05) is 45.9 Å². The highest BCUT2D eigenvalue weighted by Crippen LogP contribution is 2.58. The van der Waals surface area contributed by atoms with Gasteiger partial charge < -0.3 is 15.8 Å². The lowest BCUT2D eigenvalue weighted by Crippen LogP contribution is -2.54. The van der Waals surface area contributed by atoms with Crippen molar-refractivity contribution < 1.29 is 19.1 Å². The van der Waals surface area contributed by atoms with Crippen molar-refractivity contribution in [3.63, 3.8) is 0 Å². The minimum absolute atomic E-state index is 0.0689. The molecule has 37 heavy (non-hydrogen) atoms. The number of carbonyl (C=O) groups excluding carboxylic acids is 3. The maximum absolute atomic E-state index is 14.1. The topological polar surface area (TPSA) is 102 Å². The van der Waals surface area contributed by atoms with E-state index in [4.69, 9.17) is 22.1 Å². The first-order valence-corrected chi connectivity index (χ1v) is 12.7. The number of carbonyl (C=O) groups is 3. The van der Waals surface area contributed by atoms with Gasteiger partial charge in [0, 0.05) is 34.0 Å². The fourth-order valence-corrected chi connectivity index (χ4v) is 6.14. The van der Waals surface area contributed by atoms with Crippen LogP contribution in [0.3, 0.4) is 0 Å². The monoisotopic (exact) mass is 519 g/mol. The lowest BCUT2D eigenvalue weighted by Gasteiger charge is -2.47. The standard InChI is InChI=1S/C29H30ClN3O4/c1-6-37-26(35)24-25(31)33(20-9-7-8-15(2)16(20)3)21-13-28(4,5)14-22(34)23(21)29(24)18-12-17(30)10-11-19(18)32-27(29)36/h7-12H,6,13-14,31H2,1-5H3,(H,32,36). The molecule has 2 aromatic rings. The molecule has 3 aliphatic rings. The van der Waals surface area contributed by atoms with Crippen molar-refractivity contribution in [2.75, 3.05) is 16.8 Å². The molecule has 0 bridgehead atoms. The van der Waals surface area contributed by atoms with Gasteiger partial charge >= 0.3 is 5.97 Å². The minimum atomic E-state index is -1.77. The molecule has 2 aliphatic heterocycles. The molecular weight excluding hydrogens is 490 g/mol. The van der Waals surface area contributed by atoms with Gasteiger partial charge in [-0.3, -0.25) is 14.5 Å². The number of aryl methyl sites for hydroxylation is 1. The third kappa shape index (κ3) is 3.51. The second-order valence-electron chi connectivity index (χ2n) is 10.7. The lowest BCUT2D eigenvalue weighted by atomic mass is 9.60. The Kier molecular flexibility index (Phi) is 5.75. The molecule has 5 rings (SSSR count). The first-order valence-electron chi connectivity index (χ1n) is 12.4. The third-order valence-corrected chi connectivity index (χ3v) is 7.88. The predicted octanol–water partition coefficient (Wildman–Crippen LogP) is 5.04. The molecule has 2 heterocycles. The van der Waals surface area contributed by atoms with Gasteiger partial charge in [-0.1, -0.05) is 37.6 Å². The first kappa shape index (κ1) is 25.1. The van der Waals surface area contributed by atoms with Crippen molar-refractivity contribution in [1.82, 2.24) is 0 Å². The third-order valence-electron chi connectivity index (χ3n) is 7.64. The first-order chi connectivity index (χ1) is 17.4. The molecule has 1 amide bonds. The van der Waals surface area contributed by atoms with Crippen molar-refractivity contribution in [3.8, 4) is 0 Å². The number of nitrogens with two attached hydrogens (primary N) is 1. The fraction of sp³-hybridized carbons (Fsp3) is 0.345. The number of hydrogen-bond acceptors (Lipinski definition) is 6. The Morgan fingerprint density at radius 2 is 1.89 bits per heavy atom. The maximum Gasteiger partial charge on any atom is 0.339 e. The smallest absolute Gasteiger partial charge is 0.339 e. The molecule has 0 saturated carbocycles. The summed E-state index contributed by atoms with van der Waals surface area (Å²) in [7, 11) is 0. The Bertz CT molecular complexity index is 1460. The summed E-state index contributed by atoms with van der Waals surface area (Å²) in [5, 5.41) is 3.26. The fourth-order valence-electron chi connectivity index (χ4n) is 5.96. The molecule has 1 atom stereocenters. The van der Waals surface area contributed by atoms with Gasteiger partial charge in [-0.25, -0.2) is 4.79 Å². The number of allylic oxidation sites excluding steroid dienone is 1. The Morgan fingerprint density at radius 1 is 1.16 bits per heavy atom. The average Bonchev–Trinajstić information content (AvgIpc) is 3.07. The van der Waals surface area contributed by atoms with E-state index in [9.17, 15) is 14.4 Å². The number of benzene rings is 2. The van der Waals surface area contributed by atoms with E-state index in [1.165, 1.54) is 0 Å². The van der Waals surface area contributed by atoms with Gasteiger partial charge in [-0.2, -0.15) is 0 Å². The second-order valence-corrected chi connectivity index (χ2v) is 11.1. The zero-order chi connectivity index (χ0) is 26.9. The van der Waals surface area contributed by atoms with Gasteiger partial charge in [-0.05, 0) is 68.0 Å². The van der Waals surface area contributed by atoms with E-state index in [0.29, 0.717) is 28.4 Å². The lowest BCUT2D eigenvalue weighted by molar-refractivity contribution is -0.140. The summed E-state index contributed by atoms with van der Waals surface area (Å²) in [6.45, 7) is 9.76. The Labute approximate surface area is 221 Å². The predicted molar refractivity (Wildman–Crippen MR) is 143 cm³/mol. The number of halogens is 1. The summed E-state index contributed by atoms with van der Waals surface area (Å²) in [6, 6.07) is 10.8. The molecule has 0 fully saturated rings. The summed E-state index contributed by atoms with van der Waals surface area (Å²) >= 11 is 6.40. The Balaban J connectivity index is 1.95. The van der Waals surface area contributed by atoms with Crippen LogP contribution >= 0.6 is 11.6 Å². The van der Waals surface area contributed by atoms with Crippen LogP contribution in [0.15, 0.2) is 59.1 Å². The van der Waals surface area contributed by atoms with E-state index < -0.39 is 17.3 Å². The number of esters is 1. The maximum atomic E-state index is 14.1. The molecule has 1 spiro atoms. The van der Waals surface area contributed by atoms with Crippen LogP contribution in [-0.2, 0) is 24.5 Å². The van der Waals surface area contributed by atoms with Crippen LogP contribution < -0.4 is 16.0 Å². The highest BCUT2D eigenvalue weighted by molar-refractivity contribution is 6.31. The van der Waals surface area contributed by atoms with E-state index in [-0.39, 0.29) is 41.2 Å². The number of Topliss-reactive ketones (excluding diaryl/α,β-unsaturated/α-hetero) is 1. The summed E-state index contributed by atoms with van der Waals surface area (Å²) in [5.41, 5.74) is 9.18. The second kappa shape index (κ2) is 8.48. The van der Waals surface area contributed by atoms with E-state index in [2.05, 4.69) is 5.32 Å². The number of fused-ring (bicyclic) bond motifs is 3. The molecular formula is C29H30ClN3O4. The van der Waals surface area contributed by atoms with Crippen LogP contribution in [0.1, 0.15) is 50.3 Å². The molecule has 7 nitrogen and oxygen atoms in total. The van der Waals surface area contributed by atoms with Crippen LogP contribution in [0, 0.1) is 19.3 Å². The summed E-state index contributed by atoms with van der Waals surface area (Å²) < 4.78 is 5.48. The normalized spacial score (nSPS) is 22.3. The van der Waals surface area contributed by atoms with Crippen molar-refractivity contribution >= 4 is 40.6 Å². The molecule has 1 unspecified atom stereocenters. The summed E-state index contributed by atoms with van der Waals surface area (Å²) in [5.74, 6) is -1.40. The number of nitrogens with zero attached hydrogens (tertiary/aromatic N) is 1. The van der Waals surface area contributed by atoms with Gasteiger partial charge in [-0.15, -0.1) is 0 Å². The minimum Gasteiger partial charge on any atom is -0.462 e. The van der Waals surface area contributed by atoms with Gasteiger partial charge in [0.2, 0.25) is 5.91 Å². The molecule has 8 heteroatoms. The molecule has 1 aliphatic carbocycles. The molecule has 0 radical (unpaired) electrons. The molecule has 2 aromatic carbocycles. The zero-order valence-electron chi connectivity index (χ0n) is 21.6. The average molecular weight is 520 g/mol. The number of amides is 1. The SMILES string of the molecule is CCOC(=O)C1=C(N)N(c2cccc(C)c2C)C2=C(C(=O)CC(C)(C)C2)C12C(=O)Nc1ccc(Cl)cc12. The van der Waals surface area contributed by atoms with E-state index in [1.54, 1.807) is 30.0 Å². The number of hydrogen-bond donors (Lipinski definition) is 2. The molecule has 0 aromatic heterocycles. The molecule has 3 N–H and O–H groups in total. The van der Waals surface area contributed by atoms with Crippen molar-refractivity contribution in [3.05, 3.63) is 80.8 Å². The molecule has 192 valence electrons. The molecule has 0 saturated heterocycles. The summed E-state index contributed by atoms with van der Waals surface area (Å²) in [6.07, 6.45) is 0.691. The van der Waals surface area contributed by atoms with Gasteiger partial charge in [0.05, 0.1) is 12.3 Å². The van der Waals surface area contributed by atoms with E-state index in [0.717, 1.165) is 16.8 Å². The Morgan fingerprint density at radius 3 is 2.59 bits per heavy atom. The van der Waals surface area contributed by atoms with Crippen LogP contribution in [0.4, 0.5) is 11.4 Å². The van der Waals surface area contributed by atoms with E-state index >= 15 is 0 Å². The van der Waals surface area contributed by atoms with Crippen LogP contribution in [0.5, 0.6) is 0 Å². The van der Waals surface area contributed by atoms with Gasteiger partial charge in [0.1, 0.15) is 16.8 Å². The summed E-state index contributed by atoms with van der Waals surface area (Å²) in [4.78, 5) is 43.6. The number of anilines is 2. The zero-order valence-corrected chi connectivity index (χ0v) is 22.4.